The lowest BCUT2D eigenvalue weighted by Gasteiger charge is -2.32. The number of benzene rings is 2. The number of amides is 2. The molecule has 3 aromatic rings. The van der Waals surface area contributed by atoms with Gasteiger partial charge in [-0.25, -0.2) is 0 Å². The molecular weight excluding hydrogens is 342 g/mol. The van der Waals surface area contributed by atoms with Crippen LogP contribution >= 0.6 is 0 Å². The fraction of sp³-hybridized carbons (Fsp3) is 0.190. The third kappa shape index (κ3) is 3.33. The Morgan fingerprint density at radius 2 is 1.78 bits per heavy atom. The first-order chi connectivity index (χ1) is 13.2. The smallest absolute Gasteiger partial charge is 0.246 e. The number of piperazine rings is 1. The highest BCUT2D eigenvalue weighted by atomic mass is 16.2. The number of carbonyl (C=O) groups excluding carboxylic acids is 3. The van der Waals surface area contributed by atoms with Crippen LogP contribution in [0.1, 0.15) is 11.1 Å². The maximum atomic E-state index is 12.9. The summed E-state index contributed by atoms with van der Waals surface area (Å²) in [6.07, 6.45) is 2.82. The van der Waals surface area contributed by atoms with Crippen molar-refractivity contribution >= 4 is 29.1 Å². The lowest BCUT2D eigenvalue weighted by molar-refractivity contribution is -0.144. The van der Waals surface area contributed by atoms with Gasteiger partial charge in [0.15, 0.2) is 0 Å². The maximum Gasteiger partial charge on any atom is 0.246 e. The van der Waals surface area contributed by atoms with Crippen LogP contribution < -0.4 is 5.32 Å². The monoisotopic (exact) mass is 361 g/mol. The number of para-hydroxylation sites is 1. The van der Waals surface area contributed by atoms with Crippen molar-refractivity contribution < 1.29 is 14.4 Å². The first-order valence-corrected chi connectivity index (χ1v) is 8.81. The molecule has 2 aromatic carbocycles. The molecule has 4 rings (SSSR count). The van der Waals surface area contributed by atoms with Crippen molar-refractivity contribution in [1.82, 2.24) is 14.8 Å². The molecule has 2 amide bonds. The molecule has 0 radical (unpaired) electrons. The van der Waals surface area contributed by atoms with Crippen molar-refractivity contribution in [1.29, 1.82) is 0 Å². The van der Waals surface area contributed by atoms with Crippen LogP contribution in [0.25, 0.3) is 10.9 Å². The summed E-state index contributed by atoms with van der Waals surface area (Å²) in [5.74, 6) is -0.281. The number of rotatable bonds is 5. The van der Waals surface area contributed by atoms with Gasteiger partial charge in [-0.15, -0.1) is 0 Å². The van der Waals surface area contributed by atoms with Crippen LogP contribution in [0.5, 0.6) is 0 Å². The molecular formula is C21H19N3O3. The summed E-state index contributed by atoms with van der Waals surface area (Å²) < 4.78 is 1.50. The molecule has 0 aliphatic carbocycles. The van der Waals surface area contributed by atoms with Crippen molar-refractivity contribution in [3.63, 3.8) is 0 Å². The quantitative estimate of drug-likeness (QED) is 0.704. The minimum absolute atomic E-state index is 0.0559. The number of carbonyl (C=O) groups is 3. The lowest BCUT2D eigenvalue weighted by Crippen LogP contribution is -2.58. The topological polar surface area (TPSA) is 71.4 Å². The van der Waals surface area contributed by atoms with Gasteiger partial charge < -0.3 is 10.2 Å². The zero-order valence-corrected chi connectivity index (χ0v) is 14.7. The molecule has 1 atom stereocenters. The van der Waals surface area contributed by atoms with E-state index in [1.807, 2.05) is 54.6 Å². The van der Waals surface area contributed by atoms with E-state index >= 15 is 0 Å². The van der Waals surface area contributed by atoms with Crippen LogP contribution in [0.15, 0.2) is 60.8 Å². The standard InChI is InChI=1S/C21H19N3O3/c25-14-24-12-16(17-8-4-5-9-19(17)24)10-18-21(27)23(13-20(26)22-18)11-15-6-2-1-3-7-15/h1-9,12,14,18H,10-11,13H2,(H,22,26)/t18-/m0/s1. The molecule has 6 nitrogen and oxygen atoms in total. The summed E-state index contributed by atoms with van der Waals surface area (Å²) >= 11 is 0. The Hall–Kier alpha value is -3.41. The lowest BCUT2D eigenvalue weighted by atomic mass is 10.0. The number of hydrogen-bond donors (Lipinski definition) is 1. The minimum Gasteiger partial charge on any atom is -0.342 e. The van der Waals surface area contributed by atoms with Crippen LogP contribution in [0.4, 0.5) is 0 Å². The highest BCUT2D eigenvalue weighted by Gasteiger charge is 2.33. The Kier molecular flexibility index (Phi) is 4.46. The molecule has 136 valence electrons. The summed E-state index contributed by atoms with van der Waals surface area (Å²) in [5.41, 5.74) is 2.63. The van der Waals surface area contributed by atoms with Gasteiger partial charge in [0, 0.05) is 24.5 Å². The third-order valence-electron chi connectivity index (χ3n) is 4.86. The molecule has 1 aliphatic heterocycles. The fourth-order valence-electron chi connectivity index (χ4n) is 3.60. The predicted octanol–water partition coefficient (Wildman–Crippen LogP) is 1.75. The molecule has 0 bridgehead atoms. The Bertz CT molecular complexity index is 1010. The average Bonchev–Trinajstić information content (AvgIpc) is 3.04. The van der Waals surface area contributed by atoms with Gasteiger partial charge in [-0.2, -0.15) is 0 Å². The Morgan fingerprint density at radius 3 is 2.56 bits per heavy atom. The van der Waals surface area contributed by atoms with Crippen molar-refractivity contribution in [3.05, 3.63) is 71.9 Å². The second kappa shape index (κ2) is 7.07. The van der Waals surface area contributed by atoms with E-state index < -0.39 is 6.04 Å². The second-order valence-electron chi connectivity index (χ2n) is 6.69. The summed E-state index contributed by atoms with van der Waals surface area (Å²) in [6.45, 7) is 0.458. The van der Waals surface area contributed by atoms with Crippen molar-refractivity contribution in [2.75, 3.05) is 6.54 Å². The summed E-state index contributed by atoms with van der Waals surface area (Å²) in [5, 5.41) is 3.70. The molecule has 0 unspecified atom stereocenters. The van der Waals surface area contributed by atoms with Gasteiger partial charge in [0.25, 0.3) is 0 Å². The zero-order chi connectivity index (χ0) is 18.8. The van der Waals surface area contributed by atoms with Crippen molar-refractivity contribution in [2.24, 2.45) is 0 Å². The Labute approximate surface area is 156 Å². The van der Waals surface area contributed by atoms with Gasteiger partial charge in [-0.05, 0) is 17.2 Å². The number of nitrogens with zero attached hydrogens (tertiary/aromatic N) is 2. The molecule has 0 spiro atoms. The normalized spacial score (nSPS) is 17.2. The first-order valence-electron chi connectivity index (χ1n) is 8.81. The van der Waals surface area contributed by atoms with E-state index in [1.165, 1.54) is 4.57 Å². The molecule has 1 N–H and O–H groups in total. The first kappa shape index (κ1) is 17.0. The summed E-state index contributed by atoms with van der Waals surface area (Å²) in [7, 11) is 0. The number of hydrogen-bond acceptors (Lipinski definition) is 3. The van der Waals surface area contributed by atoms with Crippen LogP contribution in [-0.4, -0.2) is 40.3 Å². The number of fused-ring (bicyclic) bond motifs is 1. The molecule has 1 aliphatic rings. The molecule has 6 heteroatoms. The highest BCUT2D eigenvalue weighted by Crippen LogP contribution is 2.23. The van der Waals surface area contributed by atoms with Gasteiger partial charge in [0.05, 0.1) is 12.1 Å². The minimum atomic E-state index is -0.638. The van der Waals surface area contributed by atoms with Gasteiger partial charge >= 0.3 is 0 Å². The van der Waals surface area contributed by atoms with E-state index in [2.05, 4.69) is 5.32 Å². The third-order valence-corrected chi connectivity index (χ3v) is 4.86. The van der Waals surface area contributed by atoms with Crippen LogP contribution in [0, 0.1) is 0 Å². The van der Waals surface area contributed by atoms with Gasteiger partial charge in [0.2, 0.25) is 18.2 Å². The Balaban J connectivity index is 1.59. The van der Waals surface area contributed by atoms with E-state index in [0.717, 1.165) is 28.4 Å². The SMILES string of the molecule is O=Cn1cc(C[C@@H]2NC(=O)CN(Cc3ccccc3)C2=O)c2ccccc21. The summed E-state index contributed by atoms with van der Waals surface area (Å²) in [4.78, 5) is 38.0. The van der Waals surface area contributed by atoms with Gasteiger partial charge in [-0.1, -0.05) is 48.5 Å². The average molecular weight is 361 g/mol. The van der Waals surface area contributed by atoms with Gasteiger partial charge in [-0.3, -0.25) is 19.0 Å². The Morgan fingerprint density at radius 1 is 1.04 bits per heavy atom. The van der Waals surface area contributed by atoms with Crippen LogP contribution in [0.3, 0.4) is 0 Å². The fourth-order valence-corrected chi connectivity index (χ4v) is 3.60. The van der Waals surface area contributed by atoms with Crippen molar-refractivity contribution in [3.8, 4) is 0 Å². The largest absolute Gasteiger partial charge is 0.342 e. The molecule has 1 saturated heterocycles. The molecule has 1 fully saturated rings. The van der Waals surface area contributed by atoms with E-state index in [-0.39, 0.29) is 18.4 Å². The van der Waals surface area contributed by atoms with Crippen LogP contribution in [-0.2, 0) is 27.3 Å². The van der Waals surface area contributed by atoms with Gasteiger partial charge in [0.1, 0.15) is 6.04 Å². The maximum absolute atomic E-state index is 12.9. The number of nitrogens with one attached hydrogen (secondary N) is 1. The molecule has 0 saturated carbocycles. The molecule has 2 heterocycles. The van der Waals surface area contributed by atoms with Crippen molar-refractivity contribution in [2.45, 2.75) is 19.0 Å². The summed E-state index contributed by atoms with van der Waals surface area (Å²) in [6, 6.07) is 16.5. The van der Waals surface area contributed by atoms with E-state index in [4.69, 9.17) is 0 Å². The number of aromatic nitrogens is 1. The predicted molar refractivity (Wildman–Crippen MR) is 102 cm³/mol. The van der Waals surface area contributed by atoms with Crippen LogP contribution in [0.2, 0.25) is 0 Å². The van der Waals surface area contributed by atoms with E-state index in [9.17, 15) is 14.4 Å². The highest BCUT2D eigenvalue weighted by molar-refractivity contribution is 5.96. The molecule has 27 heavy (non-hydrogen) atoms. The van der Waals surface area contributed by atoms with E-state index in [1.54, 1.807) is 11.1 Å². The molecule has 1 aromatic heterocycles. The zero-order valence-electron chi connectivity index (χ0n) is 14.7. The van der Waals surface area contributed by atoms with E-state index in [0.29, 0.717) is 13.0 Å². The second-order valence-corrected chi connectivity index (χ2v) is 6.69.